The second kappa shape index (κ2) is 14.1. The van der Waals surface area contributed by atoms with Crippen molar-refractivity contribution in [2.24, 2.45) is 11.8 Å². The minimum absolute atomic E-state index is 0.0557. The lowest BCUT2D eigenvalue weighted by Crippen LogP contribution is -2.51. The maximum Gasteiger partial charge on any atom is 0.314 e. The zero-order valence-corrected chi connectivity index (χ0v) is 22.0. The first-order valence-electron chi connectivity index (χ1n) is 14.1. The smallest absolute Gasteiger partial charge is 0.314 e. The molecule has 8 heteroatoms. The predicted octanol–water partition coefficient (Wildman–Crippen LogP) is 7.91. The highest BCUT2D eigenvalue weighted by molar-refractivity contribution is 5.80. The number of halogens is 4. The number of rotatable bonds is 17. The molecule has 1 N–H and O–H groups in total. The Hall–Kier alpha value is -2.12. The molecule has 0 saturated heterocycles. The van der Waals surface area contributed by atoms with Crippen molar-refractivity contribution < 1.29 is 31.9 Å². The third-order valence-electron chi connectivity index (χ3n) is 7.97. The van der Waals surface area contributed by atoms with Crippen LogP contribution in [0.5, 0.6) is 5.75 Å². The van der Waals surface area contributed by atoms with Crippen LogP contribution in [0, 0.1) is 35.1 Å². The van der Waals surface area contributed by atoms with E-state index in [1.807, 2.05) is 0 Å². The molecule has 4 rings (SSSR count). The number of ether oxygens (including phenoxy) is 1. The van der Waals surface area contributed by atoms with E-state index in [1.54, 1.807) is 0 Å². The first-order valence-corrected chi connectivity index (χ1v) is 14.1. The molecule has 3 fully saturated rings. The zero-order valence-electron chi connectivity index (χ0n) is 22.0. The molecule has 0 aromatic heterocycles. The van der Waals surface area contributed by atoms with Gasteiger partial charge in [0.25, 0.3) is 0 Å². The van der Waals surface area contributed by atoms with E-state index in [2.05, 4.69) is 12.2 Å². The van der Waals surface area contributed by atoms with Gasteiger partial charge in [0.2, 0.25) is 23.3 Å². The van der Waals surface area contributed by atoms with Crippen LogP contribution in [0.2, 0.25) is 0 Å². The topological polar surface area (TPSA) is 55.4 Å². The van der Waals surface area contributed by atoms with Crippen LogP contribution < -0.4 is 10.1 Å². The Balaban J connectivity index is 1.27. The molecule has 0 spiro atoms. The summed E-state index contributed by atoms with van der Waals surface area (Å²) in [5.41, 5.74) is -0.508. The van der Waals surface area contributed by atoms with E-state index in [0.29, 0.717) is 25.7 Å². The van der Waals surface area contributed by atoms with Gasteiger partial charge >= 0.3 is 5.97 Å². The minimum Gasteiger partial charge on any atom is -0.420 e. The normalized spacial score (nSPS) is 22.1. The SMILES string of the molecule is CCCCCCCCCCCCCCCC(=O)NC12CC(C1)[C@@H](C(=O)Oc1c(F)c(F)cc(F)c1F)C2. The fraction of sp³-hybridized carbons (Fsp3) is 0.724. The van der Waals surface area contributed by atoms with Crippen LogP contribution in [-0.2, 0) is 9.59 Å². The second-order valence-corrected chi connectivity index (χ2v) is 11.0. The first-order chi connectivity index (χ1) is 17.8. The van der Waals surface area contributed by atoms with Gasteiger partial charge in [-0.05, 0) is 31.6 Å². The van der Waals surface area contributed by atoms with Gasteiger partial charge in [-0.1, -0.05) is 84.0 Å². The first kappa shape index (κ1) is 29.4. The molecule has 3 saturated carbocycles. The Morgan fingerprint density at radius 3 is 1.81 bits per heavy atom. The lowest BCUT2D eigenvalue weighted by atomic mass is 9.76. The number of amides is 1. The Kier molecular flexibility index (Phi) is 11.3. The number of fused-ring (bicyclic) bond motifs is 1. The molecule has 208 valence electrons. The number of carbonyl (C=O) groups excluding carboxylic acids is 2. The van der Waals surface area contributed by atoms with Crippen LogP contribution in [0.15, 0.2) is 6.07 Å². The Bertz CT molecular complexity index is 891. The van der Waals surface area contributed by atoms with Crippen LogP contribution >= 0.6 is 0 Å². The van der Waals surface area contributed by atoms with E-state index in [1.165, 1.54) is 64.2 Å². The van der Waals surface area contributed by atoms with Crippen LogP contribution in [0.1, 0.15) is 116 Å². The summed E-state index contributed by atoms with van der Waals surface area (Å²) >= 11 is 0. The van der Waals surface area contributed by atoms with Crippen molar-refractivity contribution in [1.29, 1.82) is 0 Å². The fourth-order valence-corrected chi connectivity index (χ4v) is 5.89. The van der Waals surface area contributed by atoms with E-state index in [9.17, 15) is 27.2 Å². The minimum atomic E-state index is -1.74. The number of esters is 1. The van der Waals surface area contributed by atoms with Crippen molar-refractivity contribution in [3.8, 4) is 5.75 Å². The molecule has 1 amide bonds. The summed E-state index contributed by atoms with van der Waals surface area (Å²) in [4.78, 5) is 25.0. The Morgan fingerprint density at radius 2 is 1.30 bits per heavy atom. The molecule has 0 aliphatic heterocycles. The molecular weight excluding hydrogens is 486 g/mol. The summed E-state index contributed by atoms with van der Waals surface area (Å²) in [7, 11) is 0. The molecule has 4 nitrogen and oxygen atoms in total. The van der Waals surface area contributed by atoms with Crippen LogP contribution in [0.4, 0.5) is 17.6 Å². The van der Waals surface area contributed by atoms with E-state index >= 15 is 0 Å². The summed E-state index contributed by atoms with van der Waals surface area (Å²) < 4.78 is 59.2. The van der Waals surface area contributed by atoms with Gasteiger partial charge in [0, 0.05) is 18.0 Å². The van der Waals surface area contributed by atoms with Crippen LogP contribution in [0.3, 0.4) is 0 Å². The van der Waals surface area contributed by atoms with Gasteiger partial charge in [0.05, 0.1) is 5.92 Å². The Morgan fingerprint density at radius 1 is 0.811 bits per heavy atom. The number of hydrogen-bond donors (Lipinski definition) is 1. The van der Waals surface area contributed by atoms with Gasteiger partial charge in [-0.2, -0.15) is 8.78 Å². The van der Waals surface area contributed by atoms with E-state index in [-0.39, 0.29) is 17.9 Å². The lowest BCUT2D eigenvalue weighted by molar-refractivity contribution is -0.140. The number of carbonyl (C=O) groups is 2. The van der Waals surface area contributed by atoms with Crippen molar-refractivity contribution in [1.82, 2.24) is 5.32 Å². The van der Waals surface area contributed by atoms with Crippen molar-refractivity contribution in [3.63, 3.8) is 0 Å². The third-order valence-corrected chi connectivity index (χ3v) is 7.97. The van der Waals surface area contributed by atoms with E-state index < -0.39 is 46.4 Å². The zero-order chi connectivity index (χ0) is 26.8. The fourth-order valence-electron chi connectivity index (χ4n) is 5.89. The van der Waals surface area contributed by atoms with Gasteiger partial charge in [-0.15, -0.1) is 0 Å². The van der Waals surface area contributed by atoms with Gasteiger partial charge in [0.1, 0.15) is 0 Å². The van der Waals surface area contributed by atoms with Crippen molar-refractivity contribution >= 4 is 11.9 Å². The van der Waals surface area contributed by atoms with Crippen molar-refractivity contribution in [2.45, 2.75) is 122 Å². The highest BCUT2D eigenvalue weighted by Gasteiger charge is 2.59. The number of unbranched alkanes of at least 4 members (excludes halogenated alkanes) is 12. The second-order valence-electron chi connectivity index (χ2n) is 11.0. The standard InChI is InChI=1S/C29H41F4NO3/c1-2-3-4-5-6-7-8-9-10-11-12-13-14-15-24(35)34-29-17-20(18-29)21(19-29)28(36)37-27-25(32)22(30)16-23(31)26(27)33/h16,20-21H,2-15,17-19H2,1H3,(H,34,35)/t20?,21-,29?/m0/s1. The molecule has 0 unspecified atom stereocenters. The molecule has 37 heavy (non-hydrogen) atoms. The van der Waals surface area contributed by atoms with E-state index in [0.717, 1.165) is 19.3 Å². The maximum atomic E-state index is 13.8. The average Bonchev–Trinajstić information content (AvgIpc) is 3.39. The highest BCUT2D eigenvalue weighted by Crippen LogP contribution is 2.56. The number of hydrogen-bond acceptors (Lipinski definition) is 3. The quantitative estimate of drug-likeness (QED) is 0.0736. The largest absolute Gasteiger partial charge is 0.420 e. The monoisotopic (exact) mass is 527 g/mol. The third kappa shape index (κ3) is 8.18. The Labute approximate surface area is 217 Å². The molecule has 3 aliphatic rings. The van der Waals surface area contributed by atoms with Gasteiger partial charge in [0.15, 0.2) is 11.6 Å². The van der Waals surface area contributed by atoms with Crippen LogP contribution in [-0.4, -0.2) is 17.4 Å². The van der Waals surface area contributed by atoms with Crippen LogP contribution in [0.25, 0.3) is 0 Å². The molecule has 0 heterocycles. The van der Waals surface area contributed by atoms with E-state index in [4.69, 9.17) is 4.74 Å². The maximum absolute atomic E-state index is 13.8. The number of benzene rings is 1. The number of nitrogens with one attached hydrogen (secondary N) is 1. The summed E-state index contributed by atoms with van der Waals surface area (Å²) in [5.74, 6) is -9.85. The molecule has 1 atom stereocenters. The molecule has 3 aliphatic carbocycles. The van der Waals surface area contributed by atoms with Gasteiger partial charge in [-0.3, -0.25) is 9.59 Å². The molecule has 2 bridgehead atoms. The summed E-state index contributed by atoms with van der Waals surface area (Å²) in [5, 5.41) is 3.04. The summed E-state index contributed by atoms with van der Waals surface area (Å²) in [6.45, 7) is 2.24. The van der Waals surface area contributed by atoms with Crippen molar-refractivity contribution in [3.05, 3.63) is 29.3 Å². The predicted molar refractivity (Wildman–Crippen MR) is 134 cm³/mol. The van der Waals surface area contributed by atoms with Gasteiger partial charge < -0.3 is 10.1 Å². The van der Waals surface area contributed by atoms with Crippen molar-refractivity contribution in [2.75, 3.05) is 0 Å². The average molecular weight is 528 g/mol. The molecule has 1 aromatic carbocycles. The highest BCUT2D eigenvalue weighted by atomic mass is 19.2. The summed E-state index contributed by atoms with van der Waals surface area (Å²) in [6.07, 6.45) is 17.9. The molecular formula is C29H41F4NO3. The molecule has 0 radical (unpaired) electrons. The summed E-state index contributed by atoms with van der Waals surface area (Å²) in [6, 6.07) is 0.0658. The lowest BCUT2D eigenvalue weighted by Gasteiger charge is -2.39. The molecule has 1 aromatic rings. The van der Waals surface area contributed by atoms with Gasteiger partial charge in [-0.25, -0.2) is 8.78 Å².